The minimum absolute atomic E-state index is 0.0516. The molecule has 3 fully saturated rings. The maximum absolute atomic E-state index is 12.5. The molecular weight excluding hydrogens is 640 g/mol. The van der Waals surface area contributed by atoms with E-state index in [2.05, 4.69) is 40.4 Å². The number of aliphatic hydroxyl groups is 2. The molecule has 17 heteroatoms. The van der Waals surface area contributed by atoms with Crippen LogP contribution in [-0.2, 0) is 34.4 Å². The number of rotatable bonds is 8. The number of aromatic nitrogens is 6. The maximum Gasteiger partial charge on any atom is 0.227 e. The molecule has 3 aromatic rings. The minimum atomic E-state index is -1.07. The van der Waals surface area contributed by atoms with Crippen molar-refractivity contribution in [1.29, 1.82) is 0 Å². The zero-order valence-corrected chi connectivity index (χ0v) is 27.0. The van der Waals surface area contributed by atoms with Crippen molar-refractivity contribution in [3.63, 3.8) is 0 Å². The van der Waals surface area contributed by atoms with Crippen LogP contribution in [0.25, 0.3) is 0 Å². The molecule has 6 heterocycles. The molecule has 4 N–H and O–H groups in total. The summed E-state index contributed by atoms with van der Waals surface area (Å²) in [6.07, 6.45) is 8.30. The quantitative estimate of drug-likeness (QED) is 0.248. The third kappa shape index (κ3) is 6.35. The Kier molecular flexibility index (Phi) is 8.35. The van der Waals surface area contributed by atoms with Gasteiger partial charge in [0.2, 0.25) is 11.2 Å². The van der Waals surface area contributed by atoms with Crippen LogP contribution in [0.15, 0.2) is 28.4 Å². The SMILES string of the molecule is O=S1CCc2nc(Cl)nc(NC3(CO)CC3)c21.O=S1CCc2nc(N3CCN(c4ccncn4)CC3)nc(NC3(CO)CC3)c21. The van der Waals surface area contributed by atoms with Gasteiger partial charge in [-0.05, 0) is 43.4 Å². The van der Waals surface area contributed by atoms with E-state index in [1.165, 1.54) is 0 Å². The molecule has 2 saturated carbocycles. The van der Waals surface area contributed by atoms with Crippen LogP contribution < -0.4 is 20.4 Å². The Labute approximate surface area is 270 Å². The first-order valence-corrected chi connectivity index (χ1v) is 18.1. The highest BCUT2D eigenvalue weighted by Crippen LogP contribution is 2.42. The Morgan fingerprint density at radius 3 is 1.89 bits per heavy atom. The van der Waals surface area contributed by atoms with Crippen molar-refractivity contribution in [1.82, 2.24) is 29.9 Å². The lowest BCUT2D eigenvalue weighted by Crippen LogP contribution is -2.47. The van der Waals surface area contributed by atoms with E-state index in [-0.39, 0.29) is 29.6 Å². The average Bonchev–Trinajstić information content (AvgIpc) is 3.95. The van der Waals surface area contributed by atoms with Gasteiger partial charge in [-0.25, -0.2) is 19.9 Å². The lowest BCUT2D eigenvalue weighted by atomic mass is 10.2. The molecule has 5 aliphatic rings. The molecule has 240 valence electrons. The van der Waals surface area contributed by atoms with Gasteiger partial charge in [0.1, 0.15) is 33.6 Å². The van der Waals surface area contributed by atoms with Gasteiger partial charge in [0.15, 0.2) is 0 Å². The van der Waals surface area contributed by atoms with E-state index in [0.29, 0.717) is 46.8 Å². The van der Waals surface area contributed by atoms with E-state index in [1.54, 1.807) is 12.5 Å². The summed E-state index contributed by atoms with van der Waals surface area (Å²) in [5.74, 6) is 3.95. The fourth-order valence-corrected chi connectivity index (χ4v) is 8.52. The standard InChI is InChI=1S/C18H23N7O2S.C10H12ClN3O2S/c26-11-18(3-4-18)23-16-15-13(2-10-28(15)27)21-17(22-16)25-8-6-24(7-9-25)14-1-5-19-12-20-14;11-9-12-6-1-4-17(16)7(6)8(13-9)14-10(5-15)2-3-10/h1,5,12,26H,2-4,6-11H2,(H,21,22,23);15H,1-5H2,(H,12,13,14). The van der Waals surface area contributed by atoms with Crippen molar-refractivity contribution in [3.8, 4) is 0 Å². The monoisotopic (exact) mass is 674 g/mol. The van der Waals surface area contributed by atoms with Crippen molar-refractivity contribution in [2.75, 3.05) is 71.3 Å². The zero-order valence-electron chi connectivity index (χ0n) is 24.6. The van der Waals surface area contributed by atoms with Crippen molar-refractivity contribution in [3.05, 3.63) is 35.3 Å². The van der Waals surface area contributed by atoms with Gasteiger partial charge in [0.25, 0.3) is 0 Å². The van der Waals surface area contributed by atoms with Crippen LogP contribution >= 0.6 is 11.6 Å². The number of fused-ring (bicyclic) bond motifs is 2. The highest BCUT2D eigenvalue weighted by atomic mass is 35.5. The fourth-order valence-electron chi connectivity index (χ4n) is 5.72. The van der Waals surface area contributed by atoms with Crippen LogP contribution in [0.1, 0.15) is 37.1 Å². The molecule has 0 bridgehead atoms. The molecule has 2 aliphatic carbocycles. The summed E-state index contributed by atoms with van der Waals surface area (Å²) < 4.78 is 24.3. The summed E-state index contributed by atoms with van der Waals surface area (Å²) in [4.78, 5) is 31.8. The number of anilines is 4. The zero-order chi connectivity index (χ0) is 31.2. The molecule has 2 unspecified atom stereocenters. The van der Waals surface area contributed by atoms with Crippen LogP contribution in [0.5, 0.6) is 0 Å². The first-order valence-electron chi connectivity index (χ1n) is 15.1. The summed E-state index contributed by atoms with van der Waals surface area (Å²) in [7, 11) is -2.13. The largest absolute Gasteiger partial charge is 0.394 e. The summed E-state index contributed by atoms with van der Waals surface area (Å²) in [6, 6.07) is 1.92. The van der Waals surface area contributed by atoms with Gasteiger partial charge in [0.05, 0.1) is 57.3 Å². The van der Waals surface area contributed by atoms with Gasteiger partial charge in [-0.15, -0.1) is 0 Å². The smallest absolute Gasteiger partial charge is 0.227 e. The minimum Gasteiger partial charge on any atom is -0.394 e. The van der Waals surface area contributed by atoms with E-state index >= 15 is 0 Å². The van der Waals surface area contributed by atoms with E-state index in [0.717, 1.165) is 74.0 Å². The number of hydrogen-bond acceptors (Lipinski definition) is 14. The normalized spacial score (nSPS) is 23.4. The Hall–Kier alpha value is -3.05. The molecule has 3 aliphatic heterocycles. The fraction of sp³-hybridized carbons (Fsp3) is 0.571. The lowest BCUT2D eigenvalue weighted by Gasteiger charge is -2.35. The van der Waals surface area contributed by atoms with Gasteiger partial charge < -0.3 is 30.6 Å². The topological polar surface area (TPSA) is 182 Å². The second-order valence-electron chi connectivity index (χ2n) is 12.0. The molecule has 3 aromatic heterocycles. The highest BCUT2D eigenvalue weighted by Gasteiger charge is 2.45. The van der Waals surface area contributed by atoms with Crippen molar-refractivity contribution < 1.29 is 18.6 Å². The first-order chi connectivity index (χ1) is 21.8. The molecule has 0 spiro atoms. The number of piperazine rings is 1. The lowest BCUT2D eigenvalue weighted by molar-refractivity contribution is 0.265. The summed E-state index contributed by atoms with van der Waals surface area (Å²) in [6.45, 7) is 3.34. The molecule has 2 atom stereocenters. The summed E-state index contributed by atoms with van der Waals surface area (Å²) in [5, 5.41) is 25.7. The van der Waals surface area contributed by atoms with E-state index in [4.69, 9.17) is 21.6 Å². The molecule has 0 amide bonds. The van der Waals surface area contributed by atoms with Gasteiger partial charge in [-0.2, -0.15) is 9.97 Å². The van der Waals surface area contributed by atoms with E-state index in [9.17, 15) is 18.6 Å². The first kappa shape index (κ1) is 30.6. The van der Waals surface area contributed by atoms with Crippen LogP contribution in [0.3, 0.4) is 0 Å². The third-order valence-corrected chi connectivity index (χ3v) is 12.0. The Morgan fingerprint density at radius 1 is 0.800 bits per heavy atom. The van der Waals surface area contributed by atoms with E-state index < -0.39 is 21.6 Å². The van der Waals surface area contributed by atoms with Crippen LogP contribution in [0.4, 0.5) is 23.4 Å². The molecule has 8 rings (SSSR count). The van der Waals surface area contributed by atoms with Crippen molar-refractivity contribution in [2.24, 2.45) is 0 Å². The number of halogens is 1. The highest BCUT2D eigenvalue weighted by molar-refractivity contribution is 7.85. The Bertz CT molecular complexity index is 1640. The van der Waals surface area contributed by atoms with Gasteiger partial charge in [-0.3, -0.25) is 8.42 Å². The summed E-state index contributed by atoms with van der Waals surface area (Å²) >= 11 is 5.85. The predicted molar refractivity (Wildman–Crippen MR) is 171 cm³/mol. The summed E-state index contributed by atoms with van der Waals surface area (Å²) in [5.41, 5.74) is 1.04. The molecule has 0 aromatic carbocycles. The second kappa shape index (κ2) is 12.3. The van der Waals surface area contributed by atoms with Gasteiger partial charge in [0, 0.05) is 56.7 Å². The average molecular weight is 675 g/mol. The second-order valence-corrected chi connectivity index (χ2v) is 15.4. The van der Waals surface area contributed by atoms with Crippen LogP contribution in [-0.4, -0.2) is 111 Å². The molecule has 0 radical (unpaired) electrons. The molecular formula is C28H35ClN10O4S2. The van der Waals surface area contributed by atoms with Crippen molar-refractivity contribution in [2.45, 2.75) is 59.4 Å². The molecule has 1 saturated heterocycles. The third-order valence-electron chi connectivity index (χ3n) is 8.87. The van der Waals surface area contributed by atoms with E-state index in [1.807, 2.05) is 6.07 Å². The Morgan fingerprint density at radius 2 is 1.36 bits per heavy atom. The predicted octanol–water partition coefficient (Wildman–Crippen LogP) is 0.924. The van der Waals surface area contributed by atoms with Crippen LogP contribution in [0.2, 0.25) is 5.28 Å². The molecule has 14 nitrogen and oxygen atoms in total. The maximum atomic E-state index is 12.5. The van der Waals surface area contributed by atoms with Crippen molar-refractivity contribution >= 4 is 56.6 Å². The van der Waals surface area contributed by atoms with Gasteiger partial charge in [-0.1, -0.05) is 0 Å². The van der Waals surface area contributed by atoms with Crippen LogP contribution in [0, 0.1) is 0 Å². The van der Waals surface area contributed by atoms with Gasteiger partial charge >= 0.3 is 0 Å². The number of aliphatic hydroxyl groups excluding tert-OH is 2. The molecule has 45 heavy (non-hydrogen) atoms. The number of nitrogens with zero attached hydrogens (tertiary/aromatic N) is 8. The number of aryl methyl sites for hydroxylation is 2. The number of hydrogen-bond donors (Lipinski definition) is 4. The number of nitrogens with one attached hydrogen (secondary N) is 2. The Balaban J connectivity index is 0.000000163.